The average molecular weight is 458 g/mol. The number of carbonyl (C=O) groups is 3. The third kappa shape index (κ3) is 4.68. The molecule has 3 amide bonds. The largest absolute Gasteiger partial charge is 0.444 e. The van der Waals surface area contributed by atoms with Gasteiger partial charge in [-0.2, -0.15) is 0 Å². The van der Waals surface area contributed by atoms with Crippen molar-refractivity contribution in [3.8, 4) is 0 Å². The topological polar surface area (TPSA) is 113 Å². The molecule has 3 aliphatic rings. The highest BCUT2D eigenvalue weighted by Crippen LogP contribution is 2.47. The highest BCUT2D eigenvalue weighted by Gasteiger charge is 2.60. The molecule has 1 saturated carbocycles. The number of nitrogens with zero attached hydrogens (tertiary/aromatic N) is 2. The van der Waals surface area contributed by atoms with Gasteiger partial charge in [0.05, 0.1) is 24.3 Å². The first-order valence-corrected chi connectivity index (χ1v) is 12.9. The molecule has 1 aliphatic carbocycles. The van der Waals surface area contributed by atoms with Crippen LogP contribution in [0.5, 0.6) is 0 Å². The molecule has 2 heterocycles. The summed E-state index contributed by atoms with van der Waals surface area (Å²) in [6.45, 7) is 9.26. The van der Waals surface area contributed by atoms with Gasteiger partial charge in [-0.05, 0) is 51.9 Å². The lowest BCUT2D eigenvalue weighted by molar-refractivity contribution is -0.138. The number of sulfonamides is 1. The molecule has 9 nitrogen and oxygen atoms in total. The molecule has 0 aromatic carbocycles. The van der Waals surface area contributed by atoms with Gasteiger partial charge in [-0.25, -0.2) is 17.5 Å². The summed E-state index contributed by atoms with van der Waals surface area (Å²) in [5.41, 5.74) is -0.698. The van der Waals surface area contributed by atoms with E-state index in [0.717, 1.165) is 29.8 Å². The van der Waals surface area contributed by atoms with E-state index in [0.29, 0.717) is 13.0 Å². The zero-order valence-electron chi connectivity index (χ0n) is 19.3. The van der Waals surface area contributed by atoms with E-state index in [4.69, 9.17) is 4.74 Å². The summed E-state index contributed by atoms with van der Waals surface area (Å²) < 4.78 is 31.1. The van der Waals surface area contributed by atoms with Crippen LogP contribution in [0.25, 0.3) is 0 Å². The first-order valence-electron chi connectivity index (χ1n) is 11.1. The number of rotatable bonds is 5. The van der Waals surface area contributed by atoms with Crippen molar-refractivity contribution in [1.82, 2.24) is 14.5 Å². The van der Waals surface area contributed by atoms with Gasteiger partial charge in [-0.3, -0.25) is 9.59 Å². The Labute approximate surface area is 184 Å². The molecule has 0 aromatic rings. The molecule has 4 atom stereocenters. The number of ether oxygens (including phenoxy) is 1. The van der Waals surface area contributed by atoms with Gasteiger partial charge in [0.25, 0.3) is 0 Å². The van der Waals surface area contributed by atoms with Crippen molar-refractivity contribution in [2.75, 3.05) is 12.8 Å². The SMILES string of the molecule is CC(C)[C@H](NC(=O)OC(C)(C)C)C(=O)N1CC[C@H]2[C@H]1C(C1CCC1)C(=O)N2S(C)(=O)=O. The molecule has 0 radical (unpaired) electrons. The number of alkyl carbamates (subject to hydrolysis) is 1. The maximum Gasteiger partial charge on any atom is 0.408 e. The summed E-state index contributed by atoms with van der Waals surface area (Å²) in [6.07, 6.45) is 3.53. The second kappa shape index (κ2) is 8.26. The molecule has 2 aliphatic heterocycles. The Balaban J connectivity index is 1.86. The van der Waals surface area contributed by atoms with E-state index < -0.39 is 45.8 Å². The standard InChI is InChI=1S/C21H35N3O6S/c1-12(2)16(22-20(27)30-21(3,4)5)19(26)23-11-10-14-17(23)15(13-8-7-9-13)18(25)24(14)31(6,28)29/h12-17H,7-11H2,1-6H3,(H,22,27)/t14-,15?,16-,17-/m0/s1. The van der Waals surface area contributed by atoms with Crippen LogP contribution in [0.4, 0.5) is 4.79 Å². The first kappa shape index (κ1) is 23.8. The third-order valence-corrected chi connectivity index (χ3v) is 7.66. The van der Waals surface area contributed by atoms with Crippen molar-refractivity contribution in [3.63, 3.8) is 0 Å². The number of hydrogen-bond acceptors (Lipinski definition) is 6. The second-order valence-electron chi connectivity index (χ2n) is 10.4. The van der Waals surface area contributed by atoms with Crippen LogP contribution in [-0.2, 0) is 24.3 Å². The Kier molecular flexibility index (Phi) is 6.34. The third-order valence-electron chi connectivity index (χ3n) is 6.49. The Morgan fingerprint density at radius 3 is 2.23 bits per heavy atom. The minimum atomic E-state index is -3.73. The second-order valence-corrected chi connectivity index (χ2v) is 12.2. The highest BCUT2D eigenvalue weighted by atomic mass is 32.2. The summed E-state index contributed by atoms with van der Waals surface area (Å²) >= 11 is 0. The van der Waals surface area contributed by atoms with Gasteiger partial charge in [0.15, 0.2) is 0 Å². The molecule has 3 fully saturated rings. The molecular weight excluding hydrogens is 422 g/mol. The molecule has 0 spiro atoms. The van der Waals surface area contributed by atoms with Crippen molar-refractivity contribution in [3.05, 3.63) is 0 Å². The average Bonchev–Trinajstić information content (AvgIpc) is 3.06. The number of fused-ring (bicyclic) bond motifs is 1. The van der Waals surface area contributed by atoms with Crippen LogP contribution in [0.3, 0.4) is 0 Å². The zero-order chi connectivity index (χ0) is 23.3. The summed E-state index contributed by atoms with van der Waals surface area (Å²) in [5, 5.41) is 2.69. The lowest BCUT2D eigenvalue weighted by Crippen LogP contribution is -2.55. The minimum Gasteiger partial charge on any atom is -0.444 e. The van der Waals surface area contributed by atoms with Gasteiger partial charge in [-0.15, -0.1) is 0 Å². The highest BCUT2D eigenvalue weighted by molar-refractivity contribution is 7.88. The van der Waals surface area contributed by atoms with E-state index in [-0.39, 0.29) is 23.7 Å². The Morgan fingerprint density at radius 1 is 1.16 bits per heavy atom. The predicted octanol–water partition coefficient (Wildman–Crippen LogP) is 1.72. The van der Waals surface area contributed by atoms with E-state index >= 15 is 0 Å². The van der Waals surface area contributed by atoms with Gasteiger partial charge in [0.1, 0.15) is 11.6 Å². The van der Waals surface area contributed by atoms with Crippen LogP contribution in [-0.4, -0.2) is 72.1 Å². The van der Waals surface area contributed by atoms with E-state index in [1.165, 1.54) is 0 Å². The molecular formula is C21H35N3O6S. The van der Waals surface area contributed by atoms with Crippen molar-refractivity contribution < 1.29 is 27.5 Å². The van der Waals surface area contributed by atoms with Crippen molar-refractivity contribution >= 4 is 27.9 Å². The molecule has 1 unspecified atom stereocenters. The summed E-state index contributed by atoms with van der Waals surface area (Å²) in [4.78, 5) is 40.6. The molecule has 31 heavy (non-hydrogen) atoms. The number of carbonyl (C=O) groups excluding carboxylic acids is 3. The number of likely N-dealkylation sites (tertiary alicyclic amines) is 1. The van der Waals surface area contributed by atoms with E-state index in [9.17, 15) is 22.8 Å². The molecule has 2 saturated heterocycles. The molecule has 176 valence electrons. The van der Waals surface area contributed by atoms with Gasteiger partial charge in [0.2, 0.25) is 21.8 Å². The zero-order valence-corrected chi connectivity index (χ0v) is 20.1. The molecule has 10 heteroatoms. The lowest BCUT2D eigenvalue weighted by Gasteiger charge is -2.38. The van der Waals surface area contributed by atoms with E-state index in [2.05, 4.69) is 5.32 Å². The van der Waals surface area contributed by atoms with Crippen LogP contribution < -0.4 is 5.32 Å². The van der Waals surface area contributed by atoms with Gasteiger partial charge in [0, 0.05) is 6.54 Å². The van der Waals surface area contributed by atoms with Crippen molar-refractivity contribution in [1.29, 1.82) is 0 Å². The smallest absolute Gasteiger partial charge is 0.408 e. The molecule has 0 bridgehead atoms. The summed E-state index contributed by atoms with van der Waals surface area (Å²) in [7, 11) is -3.73. The van der Waals surface area contributed by atoms with Crippen LogP contribution >= 0.6 is 0 Å². The fourth-order valence-electron chi connectivity index (χ4n) is 5.02. The first-order chi connectivity index (χ1) is 14.2. The molecule has 3 rings (SSSR count). The van der Waals surface area contributed by atoms with Gasteiger partial charge < -0.3 is 15.0 Å². The fourth-order valence-corrected chi connectivity index (χ4v) is 6.19. The number of amides is 3. The molecule has 1 N–H and O–H groups in total. The molecule has 0 aromatic heterocycles. The number of nitrogens with one attached hydrogen (secondary N) is 1. The maximum atomic E-state index is 13.5. The minimum absolute atomic E-state index is 0.0939. The van der Waals surface area contributed by atoms with Gasteiger partial charge in [-0.1, -0.05) is 20.3 Å². The van der Waals surface area contributed by atoms with E-state index in [1.54, 1.807) is 25.7 Å². The van der Waals surface area contributed by atoms with Crippen LogP contribution in [0.2, 0.25) is 0 Å². The van der Waals surface area contributed by atoms with Gasteiger partial charge >= 0.3 is 6.09 Å². The normalized spacial score (nSPS) is 27.8. The summed E-state index contributed by atoms with van der Waals surface area (Å²) in [5.74, 6) is -1.29. The quantitative estimate of drug-likeness (QED) is 0.673. The Bertz CT molecular complexity index is 846. The van der Waals surface area contributed by atoms with Crippen LogP contribution in [0.15, 0.2) is 0 Å². The monoisotopic (exact) mass is 457 g/mol. The predicted molar refractivity (Wildman–Crippen MR) is 114 cm³/mol. The summed E-state index contributed by atoms with van der Waals surface area (Å²) in [6, 6.07) is -1.84. The van der Waals surface area contributed by atoms with Crippen molar-refractivity contribution in [2.45, 2.75) is 84.0 Å². The van der Waals surface area contributed by atoms with E-state index in [1.807, 2.05) is 13.8 Å². The Hall–Kier alpha value is -1.84. The fraction of sp³-hybridized carbons (Fsp3) is 0.857. The lowest BCUT2D eigenvalue weighted by atomic mass is 9.73. The van der Waals surface area contributed by atoms with Crippen molar-refractivity contribution in [2.24, 2.45) is 17.8 Å². The maximum absolute atomic E-state index is 13.5. The Morgan fingerprint density at radius 2 is 1.77 bits per heavy atom. The van der Waals surface area contributed by atoms with Crippen LogP contribution in [0, 0.1) is 17.8 Å². The van der Waals surface area contributed by atoms with Crippen LogP contribution in [0.1, 0.15) is 60.3 Å². The number of hydrogen-bond donors (Lipinski definition) is 1.